The van der Waals surface area contributed by atoms with Crippen LogP contribution in [0.5, 0.6) is 17.2 Å². The highest BCUT2D eigenvalue weighted by Gasteiger charge is 2.37. The van der Waals surface area contributed by atoms with E-state index in [0.29, 0.717) is 33.5 Å². The Morgan fingerprint density at radius 2 is 1.45 bits per heavy atom. The van der Waals surface area contributed by atoms with Gasteiger partial charge in [0.05, 0.1) is 29.5 Å². The summed E-state index contributed by atoms with van der Waals surface area (Å²) in [7, 11) is 1.54. The lowest BCUT2D eigenvalue weighted by Gasteiger charge is -2.16. The Morgan fingerprint density at radius 1 is 0.810 bits per heavy atom. The summed E-state index contributed by atoms with van der Waals surface area (Å²) < 4.78 is 16.7. The van der Waals surface area contributed by atoms with Crippen LogP contribution in [0.4, 0.5) is 5.69 Å². The van der Waals surface area contributed by atoms with Gasteiger partial charge in [-0.15, -0.1) is 11.6 Å². The van der Waals surface area contributed by atoms with Crippen LogP contribution in [0.2, 0.25) is 5.02 Å². The van der Waals surface area contributed by atoms with Crippen LogP contribution in [0, 0.1) is 0 Å². The largest absolute Gasteiger partial charge is 0.493 e. The van der Waals surface area contributed by atoms with Crippen molar-refractivity contribution in [3.63, 3.8) is 0 Å². The number of methoxy groups -OCH3 is 1. The average molecular weight is 604 g/mol. The average Bonchev–Trinajstić information content (AvgIpc) is 3.26. The van der Waals surface area contributed by atoms with Crippen LogP contribution < -0.4 is 14.4 Å². The van der Waals surface area contributed by atoms with Gasteiger partial charge in [-0.05, 0) is 78.9 Å². The Balaban J connectivity index is 1.32. The van der Waals surface area contributed by atoms with Gasteiger partial charge in [-0.3, -0.25) is 14.4 Å². The molecule has 1 aliphatic heterocycles. The third-order valence-electron chi connectivity index (χ3n) is 6.56. The number of imide groups is 1. The Morgan fingerprint density at radius 3 is 2.12 bits per heavy atom. The molecule has 1 unspecified atom stereocenters. The zero-order chi connectivity index (χ0) is 29.8. The van der Waals surface area contributed by atoms with Crippen LogP contribution in [0.25, 0.3) is 0 Å². The molecular formula is C32H23Cl2NO7. The summed E-state index contributed by atoms with van der Waals surface area (Å²) in [4.78, 5) is 53.5. The highest BCUT2D eigenvalue weighted by atomic mass is 35.5. The number of hydrogen-bond donors (Lipinski definition) is 0. The standard InChI is InChI=1S/C32H23Cl2NO7/c1-40-26-4-2-3-5-27(26)41-23-13-11-22(12-14-23)35-30(37)24-15-8-20(18-25(24)31(35)38)32(39)42-28(16-17-33)29(36)19-6-9-21(34)10-7-19/h2-15,18,28H,16-17H2,1H3. The first-order valence-electron chi connectivity index (χ1n) is 12.8. The molecule has 0 N–H and O–H groups in total. The Labute approximate surface area is 251 Å². The summed E-state index contributed by atoms with van der Waals surface area (Å²) in [5, 5.41) is 0.459. The molecule has 0 radical (unpaired) electrons. The zero-order valence-electron chi connectivity index (χ0n) is 22.2. The van der Waals surface area contributed by atoms with E-state index < -0.39 is 29.7 Å². The van der Waals surface area contributed by atoms with Crippen LogP contribution in [0.3, 0.4) is 0 Å². The number of Topliss-reactive ketones (excluding diaryl/α,β-unsaturated/α-hetero) is 1. The van der Waals surface area contributed by atoms with Crippen molar-refractivity contribution >= 4 is 52.5 Å². The highest BCUT2D eigenvalue weighted by molar-refractivity contribution is 6.34. The van der Waals surface area contributed by atoms with E-state index in [1.54, 1.807) is 48.5 Å². The normalized spacial score (nSPS) is 13.0. The molecule has 5 rings (SSSR count). The lowest BCUT2D eigenvalue weighted by atomic mass is 10.0. The van der Waals surface area contributed by atoms with Crippen molar-refractivity contribution in [1.29, 1.82) is 0 Å². The molecule has 10 heteroatoms. The van der Waals surface area contributed by atoms with E-state index in [-0.39, 0.29) is 29.0 Å². The third-order valence-corrected chi connectivity index (χ3v) is 7.03. The minimum atomic E-state index is -1.14. The van der Waals surface area contributed by atoms with Crippen molar-refractivity contribution in [2.24, 2.45) is 0 Å². The summed E-state index contributed by atoms with van der Waals surface area (Å²) >= 11 is 11.8. The number of amides is 2. The van der Waals surface area contributed by atoms with Gasteiger partial charge in [-0.1, -0.05) is 23.7 Å². The number of fused-ring (bicyclic) bond motifs is 1. The fourth-order valence-corrected chi connectivity index (χ4v) is 4.76. The quantitative estimate of drug-likeness (QED) is 0.0834. The first-order valence-corrected chi connectivity index (χ1v) is 13.7. The van der Waals surface area contributed by atoms with Crippen molar-refractivity contribution in [3.8, 4) is 17.2 Å². The maximum atomic E-state index is 13.3. The number of nitrogens with zero attached hydrogens (tertiary/aromatic N) is 1. The van der Waals surface area contributed by atoms with Gasteiger partial charge in [0.15, 0.2) is 17.6 Å². The number of anilines is 1. The number of hydrogen-bond acceptors (Lipinski definition) is 7. The van der Waals surface area contributed by atoms with Gasteiger partial charge >= 0.3 is 5.97 Å². The van der Waals surface area contributed by atoms with Crippen molar-refractivity contribution in [2.45, 2.75) is 12.5 Å². The molecule has 0 fully saturated rings. The molecule has 212 valence electrons. The number of carbonyl (C=O) groups is 4. The van der Waals surface area contributed by atoms with Crippen LogP contribution in [-0.2, 0) is 4.74 Å². The minimum Gasteiger partial charge on any atom is -0.493 e. The lowest BCUT2D eigenvalue weighted by molar-refractivity contribution is 0.0278. The first kappa shape index (κ1) is 28.9. The van der Waals surface area contributed by atoms with Gasteiger partial charge in [0.2, 0.25) is 5.78 Å². The molecule has 0 saturated heterocycles. The Bertz CT molecular complexity index is 1670. The van der Waals surface area contributed by atoms with Crippen molar-refractivity contribution in [1.82, 2.24) is 0 Å². The summed E-state index contributed by atoms with van der Waals surface area (Å²) in [6.45, 7) is 0. The number of alkyl halides is 1. The van der Waals surface area contributed by atoms with Gasteiger partial charge in [-0.25, -0.2) is 9.69 Å². The second-order valence-corrected chi connectivity index (χ2v) is 10.0. The number of esters is 1. The number of benzene rings is 4. The zero-order valence-corrected chi connectivity index (χ0v) is 23.7. The van der Waals surface area contributed by atoms with Crippen molar-refractivity contribution in [3.05, 3.63) is 118 Å². The SMILES string of the molecule is COc1ccccc1Oc1ccc(N2C(=O)c3ccc(C(=O)OC(CCCl)C(=O)c4ccc(Cl)cc4)cc3C2=O)cc1. The van der Waals surface area contributed by atoms with E-state index in [0.717, 1.165) is 4.90 Å². The number of ketones is 1. The van der Waals surface area contributed by atoms with Crippen molar-refractivity contribution in [2.75, 3.05) is 17.9 Å². The van der Waals surface area contributed by atoms with Gasteiger partial charge in [0, 0.05) is 22.9 Å². The molecule has 0 aliphatic carbocycles. The van der Waals surface area contributed by atoms with E-state index in [4.69, 9.17) is 37.4 Å². The van der Waals surface area contributed by atoms with Gasteiger partial charge in [0.1, 0.15) is 5.75 Å². The van der Waals surface area contributed by atoms with E-state index >= 15 is 0 Å². The maximum absolute atomic E-state index is 13.3. The molecule has 0 spiro atoms. The summed E-state index contributed by atoms with van der Waals surface area (Å²) in [5.74, 6) is -0.778. The molecule has 1 atom stereocenters. The van der Waals surface area contributed by atoms with Crippen LogP contribution in [0.15, 0.2) is 91.0 Å². The molecule has 4 aromatic carbocycles. The molecule has 0 bridgehead atoms. The highest BCUT2D eigenvalue weighted by Crippen LogP contribution is 2.34. The Kier molecular flexibility index (Phi) is 8.56. The predicted molar refractivity (Wildman–Crippen MR) is 157 cm³/mol. The molecule has 0 aromatic heterocycles. The van der Waals surface area contributed by atoms with Crippen LogP contribution in [0.1, 0.15) is 47.9 Å². The minimum absolute atomic E-state index is 0.0146. The molecule has 2 amide bonds. The second kappa shape index (κ2) is 12.5. The second-order valence-electron chi connectivity index (χ2n) is 9.20. The summed E-state index contributed by atoms with van der Waals surface area (Å²) in [6, 6.07) is 23.8. The molecule has 1 heterocycles. The molecule has 0 saturated carbocycles. The monoisotopic (exact) mass is 603 g/mol. The predicted octanol–water partition coefficient (Wildman–Crippen LogP) is 6.98. The van der Waals surface area contributed by atoms with Crippen LogP contribution >= 0.6 is 23.2 Å². The van der Waals surface area contributed by atoms with E-state index in [1.165, 1.54) is 37.4 Å². The fourth-order valence-electron chi connectivity index (χ4n) is 4.44. The van der Waals surface area contributed by atoms with Gasteiger partial charge in [-0.2, -0.15) is 0 Å². The smallest absolute Gasteiger partial charge is 0.338 e. The first-order chi connectivity index (χ1) is 20.3. The number of carbonyl (C=O) groups excluding carboxylic acids is 4. The van der Waals surface area contributed by atoms with Crippen LogP contribution in [-0.4, -0.2) is 42.7 Å². The van der Waals surface area contributed by atoms with E-state index in [1.807, 2.05) is 12.1 Å². The summed E-state index contributed by atoms with van der Waals surface area (Å²) in [5.41, 5.74) is 0.836. The molecule has 4 aromatic rings. The van der Waals surface area contributed by atoms with Crippen molar-refractivity contribution < 1.29 is 33.4 Å². The molecule has 1 aliphatic rings. The molecule has 42 heavy (non-hydrogen) atoms. The van der Waals surface area contributed by atoms with Gasteiger partial charge in [0.25, 0.3) is 11.8 Å². The lowest BCUT2D eigenvalue weighted by Crippen LogP contribution is -2.29. The Hall–Kier alpha value is -4.66. The number of para-hydroxylation sites is 2. The van der Waals surface area contributed by atoms with E-state index in [9.17, 15) is 19.2 Å². The maximum Gasteiger partial charge on any atom is 0.338 e. The number of rotatable bonds is 10. The fraction of sp³-hybridized carbons (Fsp3) is 0.125. The topological polar surface area (TPSA) is 99.2 Å². The summed E-state index contributed by atoms with van der Waals surface area (Å²) in [6.07, 6.45) is -1.06. The van der Waals surface area contributed by atoms with E-state index in [2.05, 4.69) is 0 Å². The molecule has 8 nitrogen and oxygen atoms in total. The van der Waals surface area contributed by atoms with Gasteiger partial charge < -0.3 is 14.2 Å². The number of halogens is 2. The third kappa shape index (κ3) is 5.86. The number of ether oxygens (including phenoxy) is 3. The molecular weight excluding hydrogens is 581 g/mol.